The molecule has 0 aliphatic heterocycles. The van der Waals surface area contributed by atoms with Gasteiger partial charge in [-0.25, -0.2) is 0 Å². The Bertz CT molecular complexity index is 682. The van der Waals surface area contributed by atoms with Gasteiger partial charge in [-0.2, -0.15) is 0 Å². The summed E-state index contributed by atoms with van der Waals surface area (Å²) in [6.07, 6.45) is 0. The van der Waals surface area contributed by atoms with E-state index < -0.39 is 0 Å². The van der Waals surface area contributed by atoms with E-state index in [-0.39, 0.29) is 24.3 Å². The average Bonchev–Trinajstić information content (AvgIpc) is 2.57. The minimum atomic E-state index is -0.0969. The molecule has 2 aromatic carbocycles. The second-order valence-electron chi connectivity index (χ2n) is 5.96. The summed E-state index contributed by atoms with van der Waals surface area (Å²) in [6.45, 7) is 3.94. The molecule has 2 aromatic rings. The van der Waals surface area contributed by atoms with Crippen molar-refractivity contribution in [2.75, 3.05) is 29.1 Å². The molecule has 126 valence electrons. The Kier molecular flexibility index (Phi) is 5.95. The minimum Gasteiger partial charge on any atom is -0.365 e. The Labute approximate surface area is 142 Å². The Morgan fingerprint density at radius 2 is 1.46 bits per heavy atom. The molecule has 0 saturated heterocycles. The summed E-state index contributed by atoms with van der Waals surface area (Å²) in [6, 6.07) is 16.8. The highest BCUT2D eigenvalue weighted by atomic mass is 16.2. The molecule has 0 aliphatic rings. The quantitative estimate of drug-likeness (QED) is 0.856. The topological polar surface area (TPSA) is 61.4 Å². The minimum absolute atomic E-state index is 0.0312. The summed E-state index contributed by atoms with van der Waals surface area (Å²) >= 11 is 0. The largest absolute Gasteiger partial charge is 0.365 e. The zero-order chi connectivity index (χ0) is 17.5. The van der Waals surface area contributed by atoms with Crippen LogP contribution >= 0.6 is 0 Å². The van der Waals surface area contributed by atoms with E-state index in [9.17, 15) is 9.59 Å². The van der Waals surface area contributed by atoms with E-state index in [4.69, 9.17) is 0 Å². The van der Waals surface area contributed by atoms with E-state index in [2.05, 4.69) is 10.6 Å². The molecule has 2 rings (SSSR count). The van der Waals surface area contributed by atoms with Gasteiger partial charge in [-0.3, -0.25) is 9.59 Å². The predicted octanol–water partition coefficient (Wildman–Crippen LogP) is 3.36. The number of likely N-dealkylation sites (N-methyl/N-ethyl adjacent to an activating group) is 1. The van der Waals surface area contributed by atoms with E-state index in [0.717, 1.165) is 5.69 Å². The summed E-state index contributed by atoms with van der Waals surface area (Å²) in [7, 11) is 1.87. The third kappa shape index (κ3) is 5.12. The molecule has 0 aliphatic carbocycles. The van der Waals surface area contributed by atoms with Crippen LogP contribution in [-0.2, 0) is 9.59 Å². The summed E-state index contributed by atoms with van der Waals surface area (Å²) in [5.41, 5.74) is 2.40. The SMILES string of the molecule is CC(C)C(=O)Nc1ccc(NC(=O)CN(C)c2ccccc2)cc1. The number of carbonyl (C=O) groups excluding carboxylic acids is 2. The van der Waals surface area contributed by atoms with Crippen LogP contribution < -0.4 is 15.5 Å². The molecule has 0 fully saturated rings. The van der Waals surface area contributed by atoms with Crippen LogP contribution in [0, 0.1) is 5.92 Å². The fourth-order valence-electron chi connectivity index (χ4n) is 2.11. The van der Waals surface area contributed by atoms with E-state index in [1.807, 2.05) is 56.1 Å². The maximum absolute atomic E-state index is 12.1. The van der Waals surface area contributed by atoms with E-state index >= 15 is 0 Å². The van der Waals surface area contributed by atoms with Crippen molar-refractivity contribution in [2.45, 2.75) is 13.8 Å². The van der Waals surface area contributed by atoms with Crippen LogP contribution in [0.25, 0.3) is 0 Å². The number of hydrogen-bond donors (Lipinski definition) is 2. The fourth-order valence-corrected chi connectivity index (χ4v) is 2.11. The number of carbonyl (C=O) groups is 2. The number of hydrogen-bond acceptors (Lipinski definition) is 3. The molecule has 2 amide bonds. The Balaban J connectivity index is 1.89. The van der Waals surface area contributed by atoms with Gasteiger partial charge in [0.15, 0.2) is 0 Å². The zero-order valence-electron chi connectivity index (χ0n) is 14.2. The Hall–Kier alpha value is -2.82. The maximum Gasteiger partial charge on any atom is 0.243 e. The first-order chi connectivity index (χ1) is 11.5. The van der Waals surface area contributed by atoms with Crippen LogP contribution in [-0.4, -0.2) is 25.4 Å². The molecule has 5 heteroatoms. The van der Waals surface area contributed by atoms with Gasteiger partial charge in [-0.05, 0) is 36.4 Å². The van der Waals surface area contributed by atoms with Gasteiger partial charge in [-0.15, -0.1) is 0 Å². The third-order valence-corrected chi connectivity index (χ3v) is 3.54. The van der Waals surface area contributed by atoms with Crippen molar-refractivity contribution < 1.29 is 9.59 Å². The Morgan fingerprint density at radius 1 is 0.917 bits per heavy atom. The molecule has 0 unspecified atom stereocenters. The van der Waals surface area contributed by atoms with Crippen molar-refractivity contribution >= 4 is 28.9 Å². The summed E-state index contributed by atoms with van der Waals surface area (Å²) in [5.74, 6) is -0.200. The van der Waals surface area contributed by atoms with Crippen LogP contribution in [0.15, 0.2) is 54.6 Å². The van der Waals surface area contributed by atoms with Crippen molar-refractivity contribution in [2.24, 2.45) is 5.92 Å². The van der Waals surface area contributed by atoms with Crippen molar-refractivity contribution in [1.82, 2.24) is 0 Å². The van der Waals surface area contributed by atoms with Gasteiger partial charge in [0.05, 0.1) is 6.54 Å². The van der Waals surface area contributed by atoms with E-state index in [1.165, 1.54) is 0 Å². The number of nitrogens with zero attached hydrogens (tertiary/aromatic N) is 1. The second-order valence-corrected chi connectivity index (χ2v) is 5.96. The second kappa shape index (κ2) is 8.15. The number of benzene rings is 2. The number of amides is 2. The third-order valence-electron chi connectivity index (χ3n) is 3.54. The van der Waals surface area contributed by atoms with Crippen LogP contribution in [0.4, 0.5) is 17.1 Å². The summed E-state index contributed by atoms with van der Waals surface area (Å²) in [4.78, 5) is 25.7. The van der Waals surface area contributed by atoms with Crippen molar-refractivity contribution in [3.63, 3.8) is 0 Å². The van der Waals surface area contributed by atoms with Gasteiger partial charge in [-0.1, -0.05) is 32.0 Å². The zero-order valence-corrected chi connectivity index (χ0v) is 14.2. The molecular weight excluding hydrogens is 302 g/mol. The molecule has 0 radical (unpaired) electrons. The first-order valence-corrected chi connectivity index (χ1v) is 7.92. The van der Waals surface area contributed by atoms with Gasteiger partial charge >= 0.3 is 0 Å². The van der Waals surface area contributed by atoms with Crippen LogP contribution in [0.5, 0.6) is 0 Å². The number of para-hydroxylation sites is 1. The summed E-state index contributed by atoms with van der Waals surface area (Å²) in [5, 5.41) is 5.67. The molecule has 0 saturated carbocycles. The highest BCUT2D eigenvalue weighted by molar-refractivity contribution is 5.95. The number of anilines is 3. The number of rotatable bonds is 6. The lowest BCUT2D eigenvalue weighted by molar-refractivity contribution is -0.119. The number of nitrogens with one attached hydrogen (secondary N) is 2. The van der Waals surface area contributed by atoms with Crippen molar-refractivity contribution in [3.8, 4) is 0 Å². The van der Waals surface area contributed by atoms with Gasteiger partial charge in [0, 0.05) is 30.0 Å². The highest BCUT2D eigenvalue weighted by Crippen LogP contribution is 2.15. The standard InChI is InChI=1S/C19H23N3O2/c1-14(2)19(24)21-16-11-9-15(10-12-16)20-18(23)13-22(3)17-7-5-4-6-8-17/h4-12,14H,13H2,1-3H3,(H,20,23)(H,21,24). The average molecular weight is 325 g/mol. The Morgan fingerprint density at radius 3 is 2.00 bits per heavy atom. The fraction of sp³-hybridized carbons (Fsp3) is 0.263. The predicted molar refractivity (Wildman–Crippen MR) is 98.3 cm³/mol. The van der Waals surface area contributed by atoms with Gasteiger partial charge in [0.25, 0.3) is 0 Å². The van der Waals surface area contributed by atoms with Gasteiger partial charge < -0.3 is 15.5 Å². The smallest absolute Gasteiger partial charge is 0.243 e. The first kappa shape index (κ1) is 17.5. The van der Waals surface area contributed by atoms with Gasteiger partial charge in [0.2, 0.25) is 11.8 Å². The normalized spacial score (nSPS) is 10.3. The molecule has 2 N–H and O–H groups in total. The molecular formula is C19H23N3O2. The first-order valence-electron chi connectivity index (χ1n) is 7.92. The van der Waals surface area contributed by atoms with Crippen molar-refractivity contribution in [1.29, 1.82) is 0 Å². The van der Waals surface area contributed by atoms with E-state index in [0.29, 0.717) is 11.4 Å². The summed E-state index contributed by atoms with van der Waals surface area (Å²) < 4.78 is 0. The van der Waals surface area contributed by atoms with Crippen LogP contribution in [0.3, 0.4) is 0 Å². The molecule has 0 aromatic heterocycles. The maximum atomic E-state index is 12.1. The highest BCUT2D eigenvalue weighted by Gasteiger charge is 2.09. The molecule has 0 spiro atoms. The monoisotopic (exact) mass is 325 g/mol. The van der Waals surface area contributed by atoms with Gasteiger partial charge in [0.1, 0.15) is 0 Å². The molecule has 24 heavy (non-hydrogen) atoms. The van der Waals surface area contributed by atoms with Crippen LogP contribution in [0.2, 0.25) is 0 Å². The lowest BCUT2D eigenvalue weighted by Crippen LogP contribution is -2.29. The lowest BCUT2D eigenvalue weighted by atomic mass is 10.2. The molecule has 5 nitrogen and oxygen atoms in total. The van der Waals surface area contributed by atoms with Crippen molar-refractivity contribution in [3.05, 3.63) is 54.6 Å². The molecule has 0 heterocycles. The van der Waals surface area contributed by atoms with Crippen LogP contribution in [0.1, 0.15) is 13.8 Å². The van der Waals surface area contributed by atoms with E-state index in [1.54, 1.807) is 24.3 Å². The molecule has 0 bridgehead atoms. The lowest BCUT2D eigenvalue weighted by Gasteiger charge is -2.18. The molecule has 0 atom stereocenters.